The summed E-state index contributed by atoms with van der Waals surface area (Å²) in [4.78, 5) is 31.0. The minimum absolute atomic E-state index is 0.0565. The molecule has 3 amide bonds. The summed E-state index contributed by atoms with van der Waals surface area (Å²) in [7, 11) is 0. The van der Waals surface area contributed by atoms with E-state index in [1.165, 1.54) is 4.90 Å². The van der Waals surface area contributed by atoms with Gasteiger partial charge in [0.1, 0.15) is 6.54 Å². The van der Waals surface area contributed by atoms with E-state index in [1.54, 1.807) is 40.5 Å². The molecular weight excluding hydrogens is 486 g/mol. The predicted molar refractivity (Wildman–Crippen MR) is 138 cm³/mol. The molecule has 2 aromatic carbocycles. The van der Waals surface area contributed by atoms with Gasteiger partial charge in [-0.2, -0.15) is 0 Å². The SMILES string of the molecule is Cc1ccsc1CN(Cc1ccc2c(c1)OCO2)C(=O)CN(C(=O)Nc1cccc(Cl)c1)C(C)C. The number of amides is 3. The molecule has 0 radical (unpaired) electrons. The quantitative estimate of drug-likeness (QED) is 0.406. The Kier molecular flexibility index (Phi) is 7.83. The first kappa shape index (κ1) is 24.9. The molecule has 1 aliphatic heterocycles. The van der Waals surface area contributed by atoms with E-state index in [2.05, 4.69) is 5.32 Å². The number of halogens is 1. The van der Waals surface area contributed by atoms with E-state index in [-0.39, 0.29) is 31.3 Å². The number of rotatable bonds is 8. The van der Waals surface area contributed by atoms with Gasteiger partial charge in [-0.3, -0.25) is 4.79 Å². The van der Waals surface area contributed by atoms with Gasteiger partial charge in [0.25, 0.3) is 0 Å². The summed E-state index contributed by atoms with van der Waals surface area (Å²) in [6.07, 6.45) is 0. The number of ether oxygens (including phenoxy) is 2. The first-order valence-electron chi connectivity index (χ1n) is 11.3. The predicted octanol–water partition coefficient (Wildman–Crippen LogP) is 5.91. The van der Waals surface area contributed by atoms with Crippen molar-refractivity contribution in [3.8, 4) is 11.5 Å². The van der Waals surface area contributed by atoms with E-state index < -0.39 is 0 Å². The Bertz CT molecular complexity index is 1210. The molecule has 3 aromatic rings. The molecule has 0 unspecified atom stereocenters. The summed E-state index contributed by atoms with van der Waals surface area (Å²) in [5.41, 5.74) is 2.64. The summed E-state index contributed by atoms with van der Waals surface area (Å²) in [5.74, 6) is 1.22. The zero-order valence-corrected chi connectivity index (χ0v) is 21.5. The van der Waals surface area contributed by atoms with E-state index in [0.29, 0.717) is 35.3 Å². The van der Waals surface area contributed by atoms with Gasteiger partial charge in [0.2, 0.25) is 12.7 Å². The van der Waals surface area contributed by atoms with Gasteiger partial charge in [-0.1, -0.05) is 23.7 Å². The third-order valence-corrected chi connectivity index (χ3v) is 6.97. The molecule has 1 N–H and O–H groups in total. The van der Waals surface area contributed by atoms with Crippen molar-refractivity contribution in [3.05, 3.63) is 74.9 Å². The first-order chi connectivity index (χ1) is 16.8. The van der Waals surface area contributed by atoms with Crippen LogP contribution in [0.2, 0.25) is 5.02 Å². The monoisotopic (exact) mass is 513 g/mol. The van der Waals surface area contributed by atoms with E-state index in [9.17, 15) is 9.59 Å². The van der Waals surface area contributed by atoms with Crippen LogP contribution in [0.3, 0.4) is 0 Å². The van der Waals surface area contributed by atoms with E-state index in [0.717, 1.165) is 16.0 Å². The second kappa shape index (κ2) is 11.0. The molecule has 0 aliphatic carbocycles. The Morgan fingerprint density at radius 3 is 2.60 bits per heavy atom. The van der Waals surface area contributed by atoms with Crippen molar-refractivity contribution < 1.29 is 19.1 Å². The van der Waals surface area contributed by atoms with Crippen molar-refractivity contribution in [2.75, 3.05) is 18.7 Å². The number of urea groups is 1. The zero-order valence-electron chi connectivity index (χ0n) is 19.9. The second-order valence-corrected chi connectivity index (χ2v) is 10.1. The van der Waals surface area contributed by atoms with Crippen LogP contribution in [0.25, 0.3) is 0 Å². The Morgan fingerprint density at radius 2 is 1.89 bits per heavy atom. The fourth-order valence-corrected chi connectivity index (χ4v) is 4.84. The molecule has 1 aromatic heterocycles. The van der Waals surface area contributed by atoms with Gasteiger partial charge in [0, 0.05) is 28.2 Å². The highest BCUT2D eigenvalue weighted by molar-refractivity contribution is 7.10. The average Bonchev–Trinajstić information content (AvgIpc) is 3.45. The number of fused-ring (bicyclic) bond motifs is 1. The standard InChI is InChI=1S/C26H28ClN3O4S/c1-17(2)30(26(32)28-21-6-4-5-20(27)12-21)15-25(31)29(14-24-18(3)9-10-35-24)13-19-7-8-22-23(11-19)34-16-33-22/h4-12,17H,13-16H2,1-3H3,(H,28,32). The van der Waals surface area contributed by atoms with Crippen molar-refractivity contribution >= 4 is 40.6 Å². The van der Waals surface area contributed by atoms with Crippen molar-refractivity contribution in [2.45, 2.75) is 39.9 Å². The maximum absolute atomic E-state index is 13.6. The third-order valence-electron chi connectivity index (χ3n) is 5.73. The molecule has 9 heteroatoms. The number of anilines is 1. The molecule has 1 aliphatic rings. The maximum Gasteiger partial charge on any atom is 0.322 e. The van der Waals surface area contributed by atoms with Crippen LogP contribution < -0.4 is 14.8 Å². The lowest BCUT2D eigenvalue weighted by Gasteiger charge is -2.30. The van der Waals surface area contributed by atoms with Crippen molar-refractivity contribution in [1.82, 2.24) is 9.80 Å². The zero-order chi connectivity index (χ0) is 24.9. The number of aryl methyl sites for hydroxylation is 1. The van der Waals surface area contributed by atoms with Gasteiger partial charge in [0.05, 0.1) is 6.54 Å². The number of nitrogens with zero attached hydrogens (tertiary/aromatic N) is 2. The Labute approximate surface area is 214 Å². The molecule has 7 nitrogen and oxygen atoms in total. The number of nitrogens with one attached hydrogen (secondary N) is 1. The van der Waals surface area contributed by atoms with Crippen LogP contribution in [0.5, 0.6) is 11.5 Å². The lowest BCUT2D eigenvalue weighted by Crippen LogP contribution is -2.47. The molecule has 0 spiro atoms. The summed E-state index contributed by atoms with van der Waals surface area (Å²) in [6, 6.07) is 14.1. The van der Waals surface area contributed by atoms with Crippen LogP contribution in [-0.4, -0.2) is 41.1 Å². The molecule has 184 valence electrons. The number of hydrogen-bond acceptors (Lipinski definition) is 5. The van der Waals surface area contributed by atoms with Gasteiger partial charge < -0.3 is 24.6 Å². The Hall–Kier alpha value is -3.23. The Balaban J connectivity index is 1.52. The van der Waals surface area contributed by atoms with Crippen LogP contribution in [0.4, 0.5) is 10.5 Å². The summed E-state index contributed by atoms with van der Waals surface area (Å²) >= 11 is 7.66. The topological polar surface area (TPSA) is 71.1 Å². The fraction of sp³-hybridized carbons (Fsp3) is 0.308. The number of carbonyl (C=O) groups excluding carboxylic acids is 2. The highest BCUT2D eigenvalue weighted by Crippen LogP contribution is 2.33. The van der Waals surface area contributed by atoms with Crippen molar-refractivity contribution in [1.29, 1.82) is 0 Å². The van der Waals surface area contributed by atoms with Gasteiger partial charge in [-0.15, -0.1) is 11.3 Å². The lowest BCUT2D eigenvalue weighted by molar-refractivity contribution is -0.133. The largest absolute Gasteiger partial charge is 0.454 e. The van der Waals surface area contributed by atoms with Crippen LogP contribution >= 0.6 is 22.9 Å². The highest BCUT2D eigenvalue weighted by Gasteiger charge is 2.25. The van der Waals surface area contributed by atoms with Crippen LogP contribution in [0, 0.1) is 6.92 Å². The number of benzene rings is 2. The molecule has 0 atom stereocenters. The molecule has 2 heterocycles. The lowest BCUT2D eigenvalue weighted by atomic mass is 10.1. The van der Waals surface area contributed by atoms with Crippen LogP contribution in [0.15, 0.2) is 53.9 Å². The van der Waals surface area contributed by atoms with E-state index >= 15 is 0 Å². The minimum Gasteiger partial charge on any atom is -0.454 e. The Morgan fingerprint density at radius 1 is 1.09 bits per heavy atom. The number of hydrogen-bond donors (Lipinski definition) is 1. The van der Waals surface area contributed by atoms with Crippen molar-refractivity contribution in [2.24, 2.45) is 0 Å². The average molecular weight is 514 g/mol. The molecule has 0 saturated heterocycles. The molecule has 0 saturated carbocycles. The van der Waals surface area contributed by atoms with E-state index in [1.807, 2.05) is 50.4 Å². The molecule has 4 rings (SSSR count). The van der Waals surface area contributed by atoms with Gasteiger partial charge in [0.15, 0.2) is 11.5 Å². The molecule has 35 heavy (non-hydrogen) atoms. The minimum atomic E-state index is -0.356. The number of thiophene rings is 1. The van der Waals surface area contributed by atoms with Gasteiger partial charge in [-0.25, -0.2) is 4.79 Å². The third kappa shape index (κ3) is 6.26. The first-order valence-corrected chi connectivity index (χ1v) is 12.6. The molecule has 0 fully saturated rings. The van der Waals surface area contributed by atoms with E-state index in [4.69, 9.17) is 21.1 Å². The fourth-order valence-electron chi connectivity index (χ4n) is 3.73. The van der Waals surface area contributed by atoms with Gasteiger partial charge >= 0.3 is 6.03 Å². The normalized spacial score (nSPS) is 12.0. The molecule has 0 bridgehead atoms. The summed E-state index contributed by atoms with van der Waals surface area (Å²) in [6.45, 7) is 6.79. The van der Waals surface area contributed by atoms with Crippen LogP contribution in [0.1, 0.15) is 29.9 Å². The van der Waals surface area contributed by atoms with Crippen LogP contribution in [-0.2, 0) is 17.9 Å². The summed E-state index contributed by atoms with van der Waals surface area (Å²) < 4.78 is 10.9. The van der Waals surface area contributed by atoms with Gasteiger partial charge in [-0.05, 0) is 73.7 Å². The number of carbonyl (C=O) groups is 2. The smallest absolute Gasteiger partial charge is 0.322 e. The summed E-state index contributed by atoms with van der Waals surface area (Å²) in [5, 5.41) is 5.39. The second-order valence-electron chi connectivity index (χ2n) is 8.63. The highest BCUT2D eigenvalue weighted by atomic mass is 35.5. The van der Waals surface area contributed by atoms with Crippen molar-refractivity contribution in [3.63, 3.8) is 0 Å². The maximum atomic E-state index is 13.6. The molecular formula is C26H28ClN3O4S.